The number of aromatic nitrogens is 1. The molecule has 22 heavy (non-hydrogen) atoms. The number of benzene rings is 2. The maximum Gasteiger partial charge on any atom is 0.243 e. The van der Waals surface area contributed by atoms with E-state index in [-0.39, 0.29) is 9.64 Å². The average molecular weight is 332 g/mol. The predicted octanol–water partition coefficient (Wildman–Crippen LogP) is 2.23. The minimum Gasteiger partial charge on any atom is -0.277 e. The molecule has 5 nitrogen and oxygen atoms in total. The van der Waals surface area contributed by atoms with Crippen molar-refractivity contribution in [3.8, 4) is 10.6 Å². The molecule has 1 N–H and O–H groups in total. The van der Waals surface area contributed by atoms with E-state index in [0.717, 1.165) is 11.3 Å². The number of para-hydroxylation sites is 1. The maximum atomic E-state index is 12.1. The molecule has 1 aromatic heterocycles. The third-order valence-electron chi connectivity index (χ3n) is 3.22. The van der Waals surface area contributed by atoms with Crippen molar-refractivity contribution in [2.24, 2.45) is 0 Å². The van der Waals surface area contributed by atoms with Crippen LogP contribution in [0.2, 0.25) is 0 Å². The monoisotopic (exact) mass is 332 g/mol. The van der Waals surface area contributed by atoms with Gasteiger partial charge in [0.2, 0.25) is 14.8 Å². The van der Waals surface area contributed by atoms with Crippen LogP contribution < -0.4 is 9.46 Å². The molecular weight excluding hydrogens is 320 g/mol. The molecule has 7 heteroatoms. The van der Waals surface area contributed by atoms with Crippen LogP contribution in [0, 0.1) is 0 Å². The molecule has 3 rings (SSSR count). The lowest BCUT2D eigenvalue weighted by Gasteiger charge is -2.04. The molecule has 0 saturated carbocycles. The summed E-state index contributed by atoms with van der Waals surface area (Å²) in [4.78, 5) is 16.8. The van der Waals surface area contributed by atoms with Gasteiger partial charge in [-0.1, -0.05) is 35.6 Å². The highest BCUT2D eigenvalue weighted by molar-refractivity contribution is 7.89. The quantitative estimate of drug-likeness (QED) is 0.798. The molecule has 2 aromatic carbocycles. The van der Waals surface area contributed by atoms with Crippen molar-refractivity contribution in [1.82, 2.24) is 9.71 Å². The van der Waals surface area contributed by atoms with Crippen LogP contribution in [-0.4, -0.2) is 20.4 Å². The van der Waals surface area contributed by atoms with Gasteiger partial charge in [0.15, 0.2) is 0 Å². The standard InChI is InChI=1S/C15H12N2O3S2/c1-16-22(19,20)11-8-6-10(7-9-11)14-17-13-5-3-2-4-12(13)15(18)21-14/h2-9,16H,1H3. The van der Waals surface area contributed by atoms with Crippen LogP contribution in [-0.2, 0) is 10.0 Å². The van der Waals surface area contributed by atoms with Crippen LogP contribution >= 0.6 is 11.3 Å². The smallest absolute Gasteiger partial charge is 0.243 e. The maximum absolute atomic E-state index is 12.1. The molecule has 112 valence electrons. The summed E-state index contributed by atoms with van der Waals surface area (Å²) >= 11 is 1.05. The second-order valence-corrected chi connectivity index (χ2v) is 7.40. The summed E-state index contributed by atoms with van der Waals surface area (Å²) in [6.45, 7) is 0. The number of nitrogens with zero attached hydrogens (tertiary/aromatic N) is 1. The number of rotatable bonds is 3. The van der Waals surface area contributed by atoms with Crippen molar-refractivity contribution in [1.29, 1.82) is 0 Å². The van der Waals surface area contributed by atoms with Gasteiger partial charge in [-0.2, -0.15) is 0 Å². The van der Waals surface area contributed by atoms with Crippen molar-refractivity contribution in [3.05, 3.63) is 58.1 Å². The first-order valence-electron chi connectivity index (χ1n) is 6.45. The Morgan fingerprint density at radius 3 is 2.41 bits per heavy atom. The van der Waals surface area contributed by atoms with Gasteiger partial charge in [0.25, 0.3) is 0 Å². The second-order valence-electron chi connectivity index (χ2n) is 4.56. The lowest BCUT2D eigenvalue weighted by Crippen LogP contribution is -2.18. The lowest BCUT2D eigenvalue weighted by molar-refractivity contribution is 0.588. The first kappa shape index (κ1) is 14.8. The van der Waals surface area contributed by atoms with Crippen molar-refractivity contribution >= 4 is 32.3 Å². The van der Waals surface area contributed by atoms with Gasteiger partial charge in [0.05, 0.1) is 15.8 Å². The number of fused-ring (bicyclic) bond motifs is 1. The summed E-state index contributed by atoms with van der Waals surface area (Å²) < 4.78 is 25.6. The van der Waals surface area contributed by atoms with Crippen molar-refractivity contribution in [3.63, 3.8) is 0 Å². The van der Waals surface area contributed by atoms with E-state index in [1.165, 1.54) is 19.2 Å². The fraction of sp³-hybridized carbons (Fsp3) is 0.0667. The number of nitrogens with one attached hydrogen (secondary N) is 1. The van der Waals surface area contributed by atoms with Crippen LogP contribution in [0.25, 0.3) is 21.5 Å². The van der Waals surface area contributed by atoms with Crippen LogP contribution in [0.4, 0.5) is 0 Å². The molecule has 0 unspecified atom stereocenters. The molecule has 0 aliphatic carbocycles. The summed E-state index contributed by atoms with van der Waals surface area (Å²) in [5.74, 6) is 0. The topological polar surface area (TPSA) is 76.1 Å². The molecule has 0 aliphatic heterocycles. The van der Waals surface area contributed by atoms with E-state index < -0.39 is 10.0 Å². The molecule has 0 aliphatic rings. The summed E-state index contributed by atoms with van der Waals surface area (Å²) in [6, 6.07) is 13.4. The van der Waals surface area contributed by atoms with Crippen LogP contribution in [0.15, 0.2) is 58.2 Å². The summed E-state index contributed by atoms with van der Waals surface area (Å²) in [5.41, 5.74) is 1.34. The zero-order valence-corrected chi connectivity index (χ0v) is 13.2. The third-order valence-corrected chi connectivity index (χ3v) is 5.57. The van der Waals surface area contributed by atoms with Gasteiger partial charge in [-0.3, -0.25) is 4.79 Å². The number of hydrogen-bond acceptors (Lipinski definition) is 5. The van der Waals surface area contributed by atoms with E-state index in [4.69, 9.17) is 0 Å². The predicted molar refractivity (Wildman–Crippen MR) is 87.6 cm³/mol. The van der Waals surface area contributed by atoms with Crippen molar-refractivity contribution in [2.45, 2.75) is 4.90 Å². The first-order chi connectivity index (χ1) is 10.5. The molecule has 3 aromatic rings. The second kappa shape index (κ2) is 5.60. The van der Waals surface area contributed by atoms with E-state index in [9.17, 15) is 13.2 Å². The highest BCUT2D eigenvalue weighted by Gasteiger charge is 2.12. The third kappa shape index (κ3) is 2.66. The first-order valence-corrected chi connectivity index (χ1v) is 8.75. The number of sulfonamides is 1. The molecule has 0 fully saturated rings. The van der Waals surface area contributed by atoms with Crippen LogP contribution in [0.5, 0.6) is 0 Å². The minimum absolute atomic E-state index is 0.0625. The summed E-state index contributed by atoms with van der Waals surface area (Å²) in [7, 11) is -2.11. The van der Waals surface area contributed by atoms with Gasteiger partial charge < -0.3 is 0 Å². The van der Waals surface area contributed by atoms with E-state index in [2.05, 4.69) is 9.71 Å². The Morgan fingerprint density at radius 1 is 1.05 bits per heavy atom. The van der Waals surface area contributed by atoms with Crippen molar-refractivity contribution in [2.75, 3.05) is 7.05 Å². The fourth-order valence-electron chi connectivity index (χ4n) is 2.04. The Kier molecular flexibility index (Phi) is 3.78. The molecular formula is C15H12N2O3S2. The molecule has 1 heterocycles. The molecule has 0 atom stereocenters. The normalized spacial score (nSPS) is 11.7. The van der Waals surface area contributed by atoms with Gasteiger partial charge in [0.1, 0.15) is 5.01 Å². The Labute approximate surface area is 131 Å². The number of hydrogen-bond donors (Lipinski definition) is 1. The molecule has 0 amide bonds. The van der Waals surface area contributed by atoms with E-state index in [0.29, 0.717) is 21.5 Å². The minimum atomic E-state index is -3.47. The van der Waals surface area contributed by atoms with Crippen molar-refractivity contribution < 1.29 is 8.42 Å². The summed E-state index contributed by atoms with van der Waals surface area (Å²) in [6.07, 6.45) is 0. The van der Waals surface area contributed by atoms with Gasteiger partial charge in [0, 0.05) is 5.56 Å². The molecule has 0 saturated heterocycles. The average Bonchev–Trinajstić information content (AvgIpc) is 2.55. The zero-order valence-electron chi connectivity index (χ0n) is 11.6. The fourth-order valence-corrected chi connectivity index (χ4v) is 3.62. The summed E-state index contributed by atoms with van der Waals surface area (Å²) in [5, 5.41) is 1.16. The Hall–Kier alpha value is -2.09. The molecule has 0 bridgehead atoms. The Balaban J connectivity index is 2.10. The van der Waals surface area contributed by atoms with Gasteiger partial charge in [-0.05, 0) is 31.3 Å². The van der Waals surface area contributed by atoms with E-state index >= 15 is 0 Å². The Morgan fingerprint density at radius 2 is 1.73 bits per heavy atom. The van der Waals surface area contributed by atoms with Gasteiger partial charge in [-0.25, -0.2) is 18.1 Å². The molecule has 0 radical (unpaired) electrons. The highest BCUT2D eigenvalue weighted by Crippen LogP contribution is 2.23. The van der Waals surface area contributed by atoms with Crippen LogP contribution in [0.1, 0.15) is 0 Å². The lowest BCUT2D eigenvalue weighted by atomic mass is 10.2. The largest absolute Gasteiger partial charge is 0.277 e. The van der Waals surface area contributed by atoms with Crippen LogP contribution in [0.3, 0.4) is 0 Å². The molecule has 0 spiro atoms. The van der Waals surface area contributed by atoms with Gasteiger partial charge >= 0.3 is 0 Å². The Bertz CT molecular complexity index is 993. The highest BCUT2D eigenvalue weighted by atomic mass is 32.2. The zero-order chi connectivity index (χ0) is 15.7. The van der Waals surface area contributed by atoms with Gasteiger partial charge in [-0.15, -0.1) is 0 Å². The SMILES string of the molecule is CNS(=O)(=O)c1ccc(-c2nc3ccccc3c(=O)s2)cc1. The van der Waals surface area contributed by atoms with E-state index in [1.54, 1.807) is 30.3 Å². The van der Waals surface area contributed by atoms with E-state index in [1.807, 2.05) is 6.07 Å².